The van der Waals surface area contributed by atoms with Gasteiger partial charge in [-0.3, -0.25) is 0 Å². The lowest BCUT2D eigenvalue weighted by molar-refractivity contribution is -0.146. The topological polar surface area (TPSA) is 107 Å². The van der Waals surface area contributed by atoms with Crippen LogP contribution in [0, 0.1) is 0 Å². The molecule has 1 aliphatic rings. The number of carboxylic acid groups (broad SMARTS) is 2. The first-order valence-electron chi connectivity index (χ1n) is 3.44. The first kappa shape index (κ1) is 9.30. The van der Waals surface area contributed by atoms with Crippen LogP contribution in [0.2, 0.25) is 0 Å². The SMILES string of the molecule is CC1(C(=O)O)CNC(=O)N1C(=O)O. The van der Waals surface area contributed by atoms with E-state index in [1.807, 2.05) is 0 Å². The third-order valence-electron chi connectivity index (χ3n) is 1.93. The summed E-state index contributed by atoms with van der Waals surface area (Å²) < 4.78 is 0. The summed E-state index contributed by atoms with van der Waals surface area (Å²) in [6.45, 7) is 0.953. The van der Waals surface area contributed by atoms with Crippen molar-refractivity contribution in [2.24, 2.45) is 0 Å². The van der Waals surface area contributed by atoms with E-state index in [1.54, 1.807) is 0 Å². The summed E-state index contributed by atoms with van der Waals surface area (Å²) in [4.78, 5) is 32.4. The Kier molecular flexibility index (Phi) is 1.87. The van der Waals surface area contributed by atoms with Crippen molar-refractivity contribution in [2.75, 3.05) is 6.54 Å². The largest absolute Gasteiger partial charge is 0.479 e. The van der Waals surface area contributed by atoms with Crippen molar-refractivity contribution < 1.29 is 24.6 Å². The van der Waals surface area contributed by atoms with Crippen LogP contribution in [0.1, 0.15) is 6.92 Å². The maximum atomic E-state index is 10.9. The van der Waals surface area contributed by atoms with Gasteiger partial charge in [-0.15, -0.1) is 0 Å². The van der Waals surface area contributed by atoms with Gasteiger partial charge in [-0.2, -0.15) is 0 Å². The number of carbonyl (C=O) groups excluding carboxylic acids is 1. The van der Waals surface area contributed by atoms with E-state index < -0.39 is 23.6 Å². The van der Waals surface area contributed by atoms with E-state index >= 15 is 0 Å². The summed E-state index contributed by atoms with van der Waals surface area (Å²) in [5.41, 5.74) is -1.71. The van der Waals surface area contributed by atoms with E-state index in [9.17, 15) is 14.4 Å². The molecule has 0 aromatic heterocycles. The summed E-state index contributed by atoms with van der Waals surface area (Å²) in [6, 6.07) is -0.905. The van der Waals surface area contributed by atoms with Gasteiger partial charge in [0.1, 0.15) is 0 Å². The monoisotopic (exact) mass is 188 g/mol. The molecule has 1 saturated heterocycles. The van der Waals surface area contributed by atoms with Crippen LogP contribution in [-0.4, -0.2) is 45.3 Å². The smallest absolute Gasteiger partial charge is 0.416 e. The van der Waals surface area contributed by atoms with Crippen molar-refractivity contribution in [1.29, 1.82) is 0 Å². The molecule has 13 heavy (non-hydrogen) atoms. The minimum Gasteiger partial charge on any atom is -0.479 e. The minimum atomic E-state index is -1.71. The van der Waals surface area contributed by atoms with Gasteiger partial charge < -0.3 is 15.5 Å². The molecule has 7 nitrogen and oxygen atoms in total. The molecule has 7 heteroatoms. The second-order valence-electron chi connectivity index (χ2n) is 2.86. The van der Waals surface area contributed by atoms with Crippen molar-refractivity contribution in [1.82, 2.24) is 10.2 Å². The molecule has 0 aromatic rings. The number of hydrogen-bond acceptors (Lipinski definition) is 3. The highest BCUT2D eigenvalue weighted by molar-refractivity contribution is 6.00. The van der Waals surface area contributed by atoms with Crippen LogP contribution in [0.15, 0.2) is 0 Å². The standard InChI is InChI=1S/C6H8N2O5/c1-6(3(9)10)2-7-4(11)8(6)5(12)13/h2H2,1H3,(H,7,11)(H,9,10)(H,12,13). The Morgan fingerprint density at radius 1 is 1.54 bits per heavy atom. The Balaban J connectivity index is 3.06. The molecule has 1 rings (SSSR count). The molecule has 1 heterocycles. The van der Waals surface area contributed by atoms with Crippen LogP contribution in [0.3, 0.4) is 0 Å². The van der Waals surface area contributed by atoms with Gasteiger partial charge in [-0.05, 0) is 6.92 Å². The second-order valence-corrected chi connectivity index (χ2v) is 2.86. The molecule has 3 N–H and O–H groups in total. The number of imide groups is 1. The third-order valence-corrected chi connectivity index (χ3v) is 1.93. The fraction of sp³-hybridized carbons (Fsp3) is 0.500. The highest BCUT2D eigenvalue weighted by Gasteiger charge is 2.51. The molecule has 0 spiro atoms. The van der Waals surface area contributed by atoms with Gasteiger partial charge in [0.05, 0.1) is 6.54 Å². The number of carbonyl (C=O) groups is 3. The first-order chi connectivity index (χ1) is 5.89. The highest BCUT2D eigenvalue weighted by atomic mass is 16.4. The predicted octanol–water partition coefficient (Wildman–Crippen LogP) is -0.467. The van der Waals surface area contributed by atoms with Crippen LogP contribution in [-0.2, 0) is 4.79 Å². The Labute approximate surface area is 72.9 Å². The van der Waals surface area contributed by atoms with Gasteiger partial charge in [-0.1, -0.05) is 0 Å². The van der Waals surface area contributed by atoms with E-state index in [2.05, 4.69) is 5.32 Å². The van der Waals surface area contributed by atoms with Gasteiger partial charge in [0.25, 0.3) is 0 Å². The van der Waals surface area contributed by atoms with E-state index in [0.717, 1.165) is 0 Å². The fourth-order valence-corrected chi connectivity index (χ4v) is 1.10. The van der Waals surface area contributed by atoms with Crippen LogP contribution >= 0.6 is 0 Å². The van der Waals surface area contributed by atoms with Crippen LogP contribution in [0.5, 0.6) is 0 Å². The highest BCUT2D eigenvalue weighted by Crippen LogP contribution is 2.20. The number of nitrogens with zero attached hydrogens (tertiary/aromatic N) is 1. The zero-order valence-electron chi connectivity index (χ0n) is 6.77. The molecule has 0 aliphatic carbocycles. The lowest BCUT2D eigenvalue weighted by Crippen LogP contribution is -2.53. The Morgan fingerprint density at radius 2 is 2.08 bits per heavy atom. The van der Waals surface area contributed by atoms with Gasteiger partial charge >= 0.3 is 18.1 Å². The van der Waals surface area contributed by atoms with E-state index in [-0.39, 0.29) is 11.4 Å². The van der Waals surface area contributed by atoms with Crippen molar-refractivity contribution in [3.63, 3.8) is 0 Å². The van der Waals surface area contributed by atoms with Crippen molar-refractivity contribution in [3.05, 3.63) is 0 Å². The molecule has 1 atom stereocenters. The summed E-state index contributed by atoms with van der Waals surface area (Å²) in [6.07, 6.45) is -1.57. The van der Waals surface area contributed by atoms with E-state index in [1.165, 1.54) is 6.92 Å². The summed E-state index contributed by atoms with van der Waals surface area (Å²) >= 11 is 0. The van der Waals surface area contributed by atoms with Crippen molar-refractivity contribution >= 4 is 18.1 Å². The zero-order valence-corrected chi connectivity index (χ0v) is 6.77. The van der Waals surface area contributed by atoms with Gasteiger partial charge in [-0.25, -0.2) is 19.3 Å². The maximum absolute atomic E-state index is 10.9. The van der Waals surface area contributed by atoms with Crippen molar-refractivity contribution in [2.45, 2.75) is 12.5 Å². The lowest BCUT2D eigenvalue weighted by Gasteiger charge is -2.24. The first-order valence-corrected chi connectivity index (χ1v) is 3.44. The molecule has 1 fully saturated rings. The quantitative estimate of drug-likeness (QED) is 0.515. The zero-order chi connectivity index (χ0) is 10.2. The number of hydrogen-bond donors (Lipinski definition) is 3. The molecular weight excluding hydrogens is 180 g/mol. The summed E-state index contributed by atoms with van der Waals surface area (Å²) in [5, 5.41) is 19.4. The molecule has 1 aliphatic heterocycles. The number of carboxylic acids is 1. The number of urea groups is 1. The van der Waals surface area contributed by atoms with Crippen LogP contribution in [0.4, 0.5) is 9.59 Å². The number of amides is 3. The normalized spacial score (nSPS) is 27.2. The van der Waals surface area contributed by atoms with Gasteiger partial charge in [0.2, 0.25) is 0 Å². The average molecular weight is 188 g/mol. The second kappa shape index (κ2) is 2.61. The van der Waals surface area contributed by atoms with Crippen molar-refractivity contribution in [3.8, 4) is 0 Å². The fourth-order valence-electron chi connectivity index (χ4n) is 1.10. The Morgan fingerprint density at radius 3 is 2.38 bits per heavy atom. The molecule has 0 radical (unpaired) electrons. The lowest BCUT2D eigenvalue weighted by atomic mass is 10.0. The van der Waals surface area contributed by atoms with E-state index in [4.69, 9.17) is 10.2 Å². The average Bonchev–Trinajstić information content (AvgIpc) is 2.28. The molecule has 3 amide bonds. The Bertz CT molecular complexity index is 289. The molecule has 0 aromatic carbocycles. The van der Waals surface area contributed by atoms with Crippen LogP contribution < -0.4 is 5.32 Å². The summed E-state index contributed by atoms with van der Waals surface area (Å²) in [5.74, 6) is -1.35. The van der Waals surface area contributed by atoms with Crippen LogP contribution in [0.25, 0.3) is 0 Å². The van der Waals surface area contributed by atoms with E-state index in [0.29, 0.717) is 0 Å². The molecular formula is C6H8N2O5. The third kappa shape index (κ3) is 1.17. The summed E-state index contributed by atoms with van der Waals surface area (Å²) in [7, 11) is 0. The number of rotatable bonds is 1. The molecule has 72 valence electrons. The minimum absolute atomic E-state index is 0.215. The number of nitrogens with one attached hydrogen (secondary N) is 1. The van der Waals surface area contributed by atoms with Gasteiger partial charge in [0, 0.05) is 0 Å². The maximum Gasteiger partial charge on any atom is 0.416 e. The predicted molar refractivity (Wildman–Crippen MR) is 39.3 cm³/mol. The van der Waals surface area contributed by atoms with Gasteiger partial charge in [0.15, 0.2) is 5.54 Å². The Hall–Kier alpha value is -1.79. The molecule has 0 bridgehead atoms. The molecule has 1 unspecified atom stereocenters. The molecule has 0 saturated carbocycles. The number of aliphatic carboxylic acids is 1.